The number of hydrogen-bond donors (Lipinski definition) is 1. The molecular weight excluding hydrogens is 359 g/mol. The van der Waals surface area contributed by atoms with Crippen molar-refractivity contribution in [3.63, 3.8) is 0 Å². The van der Waals surface area contributed by atoms with Crippen molar-refractivity contribution in [3.8, 4) is 0 Å². The van der Waals surface area contributed by atoms with Crippen LogP contribution in [0.1, 0.15) is 59.3 Å². The number of piperidine rings is 1. The van der Waals surface area contributed by atoms with Crippen molar-refractivity contribution in [2.75, 3.05) is 19.4 Å². The number of sulfonamides is 1. The van der Waals surface area contributed by atoms with Crippen molar-refractivity contribution in [1.82, 2.24) is 9.62 Å². The lowest BCUT2D eigenvalue weighted by molar-refractivity contribution is -0.136. The first-order chi connectivity index (χ1) is 12.0. The van der Waals surface area contributed by atoms with Gasteiger partial charge in [-0.1, -0.05) is 0 Å². The van der Waals surface area contributed by atoms with Crippen molar-refractivity contribution >= 4 is 15.9 Å². The monoisotopic (exact) mass is 392 g/mol. The number of nitrogens with one attached hydrogen (secondary N) is 1. The zero-order valence-corrected chi connectivity index (χ0v) is 17.1. The van der Waals surface area contributed by atoms with Crippen LogP contribution in [0.4, 0.5) is 4.39 Å². The van der Waals surface area contributed by atoms with Crippen molar-refractivity contribution in [2.24, 2.45) is 5.92 Å². The van der Waals surface area contributed by atoms with Crippen LogP contribution < -0.4 is 4.72 Å². The Balaban J connectivity index is 1.95. The molecule has 1 amide bonds. The maximum Gasteiger partial charge on any atom is 0.219 e. The van der Waals surface area contributed by atoms with E-state index in [0.29, 0.717) is 19.6 Å². The van der Waals surface area contributed by atoms with E-state index in [0.717, 1.165) is 38.4 Å². The summed E-state index contributed by atoms with van der Waals surface area (Å²) in [5, 5.41) is 0. The summed E-state index contributed by atoms with van der Waals surface area (Å²) in [4.78, 5) is 13.7. The average molecular weight is 393 g/mol. The fraction of sp³-hybridized carbons (Fsp3) is 0.944. The smallest absolute Gasteiger partial charge is 0.219 e. The summed E-state index contributed by atoms with van der Waals surface area (Å²) in [5.74, 6) is -0.00751. The fourth-order valence-electron chi connectivity index (χ4n) is 4.22. The predicted octanol–water partition coefficient (Wildman–Crippen LogP) is 2.24. The third-order valence-electron chi connectivity index (χ3n) is 5.70. The number of halogens is 1. The first-order valence-electron chi connectivity index (χ1n) is 9.52. The minimum absolute atomic E-state index is 0.0446. The molecule has 2 atom stereocenters. The molecule has 0 aromatic rings. The van der Waals surface area contributed by atoms with E-state index in [1.54, 1.807) is 18.7 Å². The molecule has 6 nitrogen and oxygen atoms in total. The Labute approximate surface area is 156 Å². The van der Waals surface area contributed by atoms with E-state index in [9.17, 15) is 17.6 Å². The maximum atomic E-state index is 14.1. The molecule has 1 aliphatic heterocycles. The third kappa shape index (κ3) is 6.16. The quantitative estimate of drug-likeness (QED) is 0.752. The van der Waals surface area contributed by atoms with Crippen molar-refractivity contribution < 1.29 is 22.3 Å². The van der Waals surface area contributed by atoms with Crippen LogP contribution in [0.3, 0.4) is 0 Å². The largest absolute Gasteiger partial charge is 0.376 e. The van der Waals surface area contributed by atoms with E-state index in [4.69, 9.17) is 4.74 Å². The zero-order chi connectivity index (χ0) is 19.5. The summed E-state index contributed by atoms with van der Waals surface area (Å²) in [6.45, 7) is 5.69. The molecule has 152 valence electrons. The first-order valence-corrected chi connectivity index (χ1v) is 11.4. The molecule has 0 aromatic heterocycles. The molecule has 1 heterocycles. The van der Waals surface area contributed by atoms with E-state index < -0.39 is 15.7 Å². The topological polar surface area (TPSA) is 75.7 Å². The Hall–Kier alpha value is -0.730. The molecule has 1 N–H and O–H groups in total. The van der Waals surface area contributed by atoms with Crippen LogP contribution in [-0.2, 0) is 19.6 Å². The number of carbonyl (C=O) groups is 1. The highest BCUT2D eigenvalue weighted by atomic mass is 32.2. The minimum Gasteiger partial charge on any atom is -0.376 e. The molecule has 0 unspecified atom stereocenters. The number of ether oxygens (including phenoxy) is 1. The van der Waals surface area contributed by atoms with E-state index in [1.165, 1.54) is 6.92 Å². The standard InChI is InChI=1S/C18H33FN2O4S/c1-13(22)21-11-5-6-16(20-26(4,23)24)17(21)12-25-15-9-7-14(8-10-15)18(2,3)19/h14-17,20H,5-12H2,1-4H3/t14?,15?,16-,17-/m0/s1. The second-order valence-corrected chi connectivity index (χ2v) is 10.1. The van der Waals surface area contributed by atoms with Gasteiger partial charge in [0.2, 0.25) is 15.9 Å². The number of carbonyl (C=O) groups excluding carboxylic acids is 1. The van der Waals surface area contributed by atoms with Gasteiger partial charge in [0.1, 0.15) is 5.67 Å². The summed E-state index contributed by atoms with van der Waals surface area (Å²) in [5.41, 5.74) is -1.16. The Kier molecular flexibility index (Phi) is 7.07. The van der Waals surface area contributed by atoms with E-state index in [1.807, 2.05) is 0 Å². The van der Waals surface area contributed by atoms with E-state index in [-0.39, 0.29) is 30.0 Å². The molecule has 1 aliphatic carbocycles. The minimum atomic E-state index is -3.36. The zero-order valence-electron chi connectivity index (χ0n) is 16.3. The Morgan fingerprint density at radius 3 is 2.35 bits per heavy atom. The normalized spacial score (nSPS) is 31.0. The van der Waals surface area contributed by atoms with Gasteiger partial charge in [0, 0.05) is 19.5 Å². The maximum absolute atomic E-state index is 14.1. The van der Waals surface area contributed by atoms with Gasteiger partial charge in [-0.05, 0) is 58.3 Å². The highest BCUT2D eigenvalue weighted by molar-refractivity contribution is 7.88. The molecule has 1 saturated carbocycles. The summed E-state index contributed by atoms with van der Waals surface area (Å²) in [7, 11) is -3.36. The lowest BCUT2D eigenvalue weighted by atomic mass is 9.79. The van der Waals surface area contributed by atoms with Crippen LogP contribution in [-0.4, -0.2) is 62.5 Å². The number of rotatable bonds is 6. The summed E-state index contributed by atoms with van der Waals surface area (Å²) in [6.07, 6.45) is 5.82. The van der Waals surface area contributed by atoms with Crippen molar-refractivity contribution in [3.05, 3.63) is 0 Å². The van der Waals surface area contributed by atoms with Gasteiger partial charge in [-0.3, -0.25) is 4.79 Å². The molecule has 2 rings (SSSR count). The van der Waals surface area contributed by atoms with Gasteiger partial charge >= 0.3 is 0 Å². The molecule has 2 aliphatic rings. The van der Waals surface area contributed by atoms with Crippen molar-refractivity contribution in [1.29, 1.82) is 0 Å². The number of alkyl halides is 1. The Morgan fingerprint density at radius 2 is 1.85 bits per heavy atom. The van der Waals surface area contributed by atoms with E-state index in [2.05, 4.69) is 4.72 Å². The molecule has 2 fully saturated rings. The van der Waals surface area contributed by atoms with Crippen LogP contribution in [0.15, 0.2) is 0 Å². The predicted molar refractivity (Wildman–Crippen MR) is 99.1 cm³/mol. The van der Waals surface area contributed by atoms with Gasteiger partial charge in [-0.2, -0.15) is 0 Å². The molecule has 0 aromatic carbocycles. The van der Waals surface area contributed by atoms with Crippen LogP contribution >= 0.6 is 0 Å². The summed E-state index contributed by atoms with van der Waals surface area (Å²) < 4.78 is 46.1. The van der Waals surface area contributed by atoms with Crippen LogP contribution in [0.5, 0.6) is 0 Å². The molecule has 0 radical (unpaired) electrons. The molecule has 26 heavy (non-hydrogen) atoms. The van der Waals surface area contributed by atoms with Crippen molar-refractivity contribution in [2.45, 2.75) is 83.2 Å². The second-order valence-electron chi connectivity index (χ2n) is 8.29. The number of likely N-dealkylation sites (tertiary alicyclic amines) is 1. The van der Waals surface area contributed by atoms with Gasteiger partial charge < -0.3 is 9.64 Å². The lowest BCUT2D eigenvalue weighted by Gasteiger charge is -2.42. The molecule has 0 bridgehead atoms. The van der Waals surface area contributed by atoms with Crippen LogP contribution in [0.25, 0.3) is 0 Å². The van der Waals surface area contributed by atoms with Gasteiger partial charge in [-0.15, -0.1) is 0 Å². The Morgan fingerprint density at radius 1 is 1.23 bits per heavy atom. The van der Waals surface area contributed by atoms with Gasteiger partial charge in [0.15, 0.2) is 0 Å². The van der Waals surface area contributed by atoms with E-state index >= 15 is 0 Å². The summed E-state index contributed by atoms with van der Waals surface area (Å²) in [6, 6.07) is -0.630. The molecule has 0 spiro atoms. The van der Waals surface area contributed by atoms with Gasteiger partial charge in [-0.25, -0.2) is 17.5 Å². The molecular formula is C18H33FN2O4S. The summed E-state index contributed by atoms with van der Waals surface area (Å²) >= 11 is 0. The van der Waals surface area contributed by atoms with Crippen LogP contribution in [0.2, 0.25) is 0 Å². The highest BCUT2D eigenvalue weighted by Crippen LogP contribution is 2.36. The number of hydrogen-bond acceptors (Lipinski definition) is 4. The molecule has 1 saturated heterocycles. The highest BCUT2D eigenvalue weighted by Gasteiger charge is 2.37. The third-order valence-corrected chi connectivity index (χ3v) is 6.43. The van der Waals surface area contributed by atoms with Gasteiger partial charge in [0.05, 0.1) is 25.0 Å². The lowest BCUT2D eigenvalue weighted by Crippen LogP contribution is -2.58. The Bertz CT molecular complexity index is 582. The SMILES string of the molecule is CC(=O)N1CCC[C@H](NS(C)(=O)=O)[C@@H]1COC1CCC(C(C)(C)F)CC1. The first kappa shape index (κ1) is 21.6. The fourth-order valence-corrected chi connectivity index (χ4v) is 5.04. The van der Waals surface area contributed by atoms with Gasteiger partial charge in [0.25, 0.3) is 0 Å². The average Bonchev–Trinajstić information content (AvgIpc) is 2.51. The second kappa shape index (κ2) is 8.52. The number of nitrogens with zero attached hydrogens (tertiary/aromatic N) is 1. The molecule has 8 heteroatoms. The number of amides is 1. The van der Waals surface area contributed by atoms with Crippen LogP contribution in [0, 0.1) is 5.92 Å².